The first-order chi connectivity index (χ1) is 31.1. The molecule has 0 aromatic heterocycles. The summed E-state index contributed by atoms with van der Waals surface area (Å²) in [6.07, 6.45) is 49.9. The first-order valence-electron chi connectivity index (χ1n) is 27.1. The molecule has 0 rings (SSSR count). The van der Waals surface area contributed by atoms with Crippen molar-refractivity contribution in [2.24, 2.45) is 0 Å². The highest BCUT2D eigenvalue weighted by Crippen LogP contribution is 2.43. The van der Waals surface area contributed by atoms with E-state index in [4.69, 9.17) is 13.8 Å². The Kier molecular flexibility index (Phi) is 46.8. The molecule has 0 saturated carbocycles. The van der Waals surface area contributed by atoms with Gasteiger partial charge < -0.3 is 25.2 Å². The summed E-state index contributed by atoms with van der Waals surface area (Å²) in [5, 5.41) is 21.9. The van der Waals surface area contributed by atoms with Crippen molar-refractivity contribution in [1.29, 1.82) is 0 Å². The van der Waals surface area contributed by atoms with Crippen molar-refractivity contribution < 1.29 is 47.8 Å². The van der Waals surface area contributed by atoms with Crippen LogP contribution in [0.2, 0.25) is 0 Å². The normalized spacial score (nSPS) is 13.4. The number of nitrogens with one attached hydrogen (secondary N) is 1. The molecule has 0 aromatic rings. The van der Waals surface area contributed by atoms with E-state index in [2.05, 4.69) is 19.2 Å². The molecule has 380 valence electrons. The summed E-state index contributed by atoms with van der Waals surface area (Å²) in [4.78, 5) is 46.2. The molecular weight excluding hydrogens is 830 g/mol. The van der Waals surface area contributed by atoms with E-state index in [1.807, 2.05) is 0 Å². The van der Waals surface area contributed by atoms with Gasteiger partial charge in [0.2, 0.25) is 5.91 Å². The van der Waals surface area contributed by atoms with Gasteiger partial charge in [0.25, 0.3) is 0 Å². The summed E-state index contributed by atoms with van der Waals surface area (Å²) >= 11 is 0. The maximum Gasteiger partial charge on any atom is 0.472 e. The first kappa shape index (κ1) is 62.5. The molecule has 12 heteroatoms. The predicted octanol–water partition coefficient (Wildman–Crippen LogP) is 15.0. The van der Waals surface area contributed by atoms with E-state index in [9.17, 15) is 34.1 Å². The highest BCUT2D eigenvalue weighted by Gasteiger charge is 2.28. The number of amides is 1. The molecule has 0 aliphatic rings. The third-order valence-corrected chi connectivity index (χ3v) is 13.3. The number of rotatable bonds is 52. The van der Waals surface area contributed by atoms with Gasteiger partial charge in [0.05, 0.1) is 13.2 Å². The largest absolute Gasteiger partial charge is 0.480 e. The Hall–Kier alpha value is -1.52. The summed E-state index contributed by atoms with van der Waals surface area (Å²) in [6.45, 7) is 2.67. The molecular formula is C52H102NO10P. The number of esters is 1. The van der Waals surface area contributed by atoms with E-state index in [1.165, 1.54) is 205 Å². The minimum absolute atomic E-state index is 0.153. The van der Waals surface area contributed by atoms with Crippen molar-refractivity contribution in [3.8, 4) is 0 Å². The van der Waals surface area contributed by atoms with Crippen molar-refractivity contribution >= 4 is 25.7 Å². The molecule has 0 spiro atoms. The second kappa shape index (κ2) is 48.0. The van der Waals surface area contributed by atoms with E-state index >= 15 is 0 Å². The van der Waals surface area contributed by atoms with Crippen LogP contribution in [0.5, 0.6) is 0 Å². The molecule has 0 aliphatic heterocycles. The van der Waals surface area contributed by atoms with Gasteiger partial charge in [-0.2, -0.15) is 0 Å². The lowest BCUT2D eigenvalue weighted by Crippen LogP contribution is -2.43. The number of hydrogen-bond acceptors (Lipinski definition) is 8. The summed E-state index contributed by atoms with van der Waals surface area (Å²) in [7, 11) is -4.75. The van der Waals surface area contributed by atoms with Crippen LogP contribution < -0.4 is 5.32 Å². The molecule has 1 amide bonds. The Labute approximate surface area is 393 Å². The average Bonchev–Trinajstić information content (AvgIpc) is 3.27. The summed E-state index contributed by atoms with van der Waals surface area (Å²) in [5.74, 6) is -2.34. The van der Waals surface area contributed by atoms with Crippen molar-refractivity contribution in [3.63, 3.8) is 0 Å². The second-order valence-corrected chi connectivity index (χ2v) is 20.2. The quantitative estimate of drug-likeness (QED) is 0.0262. The zero-order chi connectivity index (χ0) is 47.0. The Morgan fingerprint density at radius 1 is 0.438 bits per heavy atom. The molecule has 0 saturated heterocycles. The van der Waals surface area contributed by atoms with Crippen LogP contribution in [0.3, 0.4) is 0 Å². The van der Waals surface area contributed by atoms with Crippen LogP contribution in [-0.2, 0) is 32.7 Å². The first-order valence-corrected chi connectivity index (χ1v) is 28.6. The van der Waals surface area contributed by atoms with Gasteiger partial charge in [0.15, 0.2) is 6.04 Å². The van der Waals surface area contributed by atoms with Crippen LogP contribution in [0.15, 0.2) is 0 Å². The number of aliphatic hydroxyl groups is 1. The molecule has 64 heavy (non-hydrogen) atoms. The number of aliphatic hydroxyl groups excluding tert-OH is 1. The van der Waals surface area contributed by atoms with Gasteiger partial charge in [0, 0.05) is 12.8 Å². The van der Waals surface area contributed by atoms with Gasteiger partial charge in [-0.3, -0.25) is 18.6 Å². The maximum absolute atomic E-state index is 12.4. The van der Waals surface area contributed by atoms with Crippen LogP contribution in [-0.4, -0.2) is 64.9 Å². The second-order valence-electron chi connectivity index (χ2n) is 18.8. The lowest BCUT2D eigenvalue weighted by molar-refractivity contribution is -0.147. The van der Waals surface area contributed by atoms with Crippen LogP contribution in [0.1, 0.15) is 284 Å². The minimum Gasteiger partial charge on any atom is -0.480 e. The number of phosphoric acid groups is 1. The van der Waals surface area contributed by atoms with E-state index in [0.29, 0.717) is 12.8 Å². The Morgan fingerprint density at radius 2 is 0.719 bits per heavy atom. The predicted molar refractivity (Wildman–Crippen MR) is 264 cm³/mol. The summed E-state index contributed by atoms with van der Waals surface area (Å²) < 4.78 is 27.0. The molecule has 0 heterocycles. The zero-order valence-corrected chi connectivity index (χ0v) is 42.5. The molecule has 0 aliphatic carbocycles. The maximum atomic E-state index is 12.4. The number of carbonyl (C=O) groups excluding carboxylic acids is 2. The van der Waals surface area contributed by atoms with Crippen LogP contribution >= 0.6 is 7.82 Å². The van der Waals surface area contributed by atoms with Crippen molar-refractivity contribution in [1.82, 2.24) is 5.32 Å². The third kappa shape index (κ3) is 47.0. The van der Waals surface area contributed by atoms with Crippen molar-refractivity contribution in [2.75, 3.05) is 19.8 Å². The number of ether oxygens (including phenoxy) is 1. The Morgan fingerprint density at radius 3 is 1.03 bits per heavy atom. The van der Waals surface area contributed by atoms with Gasteiger partial charge in [-0.05, 0) is 12.8 Å². The number of phosphoric ester groups is 1. The smallest absolute Gasteiger partial charge is 0.472 e. The van der Waals surface area contributed by atoms with Gasteiger partial charge in [-0.1, -0.05) is 258 Å². The highest BCUT2D eigenvalue weighted by atomic mass is 31.2. The highest BCUT2D eigenvalue weighted by molar-refractivity contribution is 7.47. The van der Waals surface area contributed by atoms with Crippen molar-refractivity contribution in [2.45, 2.75) is 296 Å². The fourth-order valence-corrected chi connectivity index (χ4v) is 8.97. The minimum atomic E-state index is -4.75. The van der Waals surface area contributed by atoms with Gasteiger partial charge >= 0.3 is 19.8 Å². The SMILES string of the molecule is CCCCCCCCCCCCCCCCCCCCCCCCC(=O)OCC(O)COP(=O)(O)OCC(NC(=O)CCCCCCCCCCCCCCCCCCCC)C(=O)O. The number of carbonyl (C=O) groups is 3. The summed E-state index contributed by atoms with van der Waals surface area (Å²) in [5.41, 5.74) is 0. The zero-order valence-electron chi connectivity index (χ0n) is 41.6. The van der Waals surface area contributed by atoms with E-state index < -0.39 is 57.6 Å². The standard InChI is InChI=1S/C52H102NO10P/c1-3-5-7-9-11-13-15-17-19-21-23-24-25-26-28-30-32-34-36-38-40-42-44-51(56)61-45-48(54)46-62-64(59,60)63-47-49(52(57)58)53-50(55)43-41-39-37-35-33-31-29-27-22-20-18-16-14-12-10-8-6-4-2/h48-49,54H,3-47H2,1-2H3,(H,53,55)(H,57,58)(H,59,60). The molecule has 3 atom stereocenters. The lowest BCUT2D eigenvalue weighted by atomic mass is 10.0. The fraction of sp³-hybridized carbons (Fsp3) is 0.942. The molecule has 0 aromatic carbocycles. The molecule has 0 radical (unpaired) electrons. The van der Waals surface area contributed by atoms with Crippen molar-refractivity contribution in [3.05, 3.63) is 0 Å². The molecule has 4 N–H and O–H groups in total. The van der Waals surface area contributed by atoms with Gasteiger partial charge in [-0.25, -0.2) is 9.36 Å². The van der Waals surface area contributed by atoms with Crippen LogP contribution in [0, 0.1) is 0 Å². The number of hydrogen-bond donors (Lipinski definition) is 4. The van der Waals surface area contributed by atoms with E-state index in [0.717, 1.165) is 38.5 Å². The topological polar surface area (TPSA) is 169 Å². The molecule has 0 bridgehead atoms. The molecule has 3 unspecified atom stereocenters. The summed E-state index contributed by atoms with van der Waals surface area (Å²) in [6, 6.07) is -1.54. The average molecular weight is 932 g/mol. The Bertz CT molecular complexity index is 1090. The fourth-order valence-electron chi connectivity index (χ4n) is 8.20. The third-order valence-electron chi connectivity index (χ3n) is 12.4. The monoisotopic (exact) mass is 932 g/mol. The van der Waals surface area contributed by atoms with Crippen LogP contribution in [0.4, 0.5) is 0 Å². The lowest BCUT2D eigenvalue weighted by Gasteiger charge is -2.18. The van der Waals surface area contributed by atoms with E-state index in [-0.39, 0.29) is 12.8 Å². The molecule has 11 nitrogen and oxygen atoms in total. The van der Waals surface area contributed by atoms with E-state index in [1.54, 1.807) is 0 Å². The molecule has 0 fully saturated rings. The number of carboxylic acids is 1. The Balaban J connectivity index is 3.74. The van der Waals surface area contributed by atoms with Gasteiger partial charge in [0.1, 0.15) is 12.7 Å². The van der Waals surface area contributed by atoms with Crippen LogP contribution in [0.25, 0.3) is 0 Å². The number of unbranched alkanes of at least 4 members (excludes halogenated alkanes) is 38. The van der Waals surface area contributed by atoms with Gasteiger partial charge in [-0.15, -0.1) is 0 Å². The number of carboxylic acid groups (broad SMARTS) is 1. The number of aliphatic carboxylic acids is 1.